The number of hydrogen-bond donors (Lipinski definition) is 1. The zero-order valence-corrected chi connectivity index (χ0v) is 15.6. The molecule has 1 aliphatic carbocycles. The Bertz CT molecular complexity index is 339. The standard InChI is InChI=1S/C15H29N3O2S.ClH/c1-16-9-10-17(2)14(19)11-21-12-15(20)18(3)13-7-5-4-6-8-13;/h13,16H,4-12H2,1-3H3;1H. The monoisotopic (exact) mass is 351 g/mol. The molecule has 0 unspecified atom stereocenters. The number of nitrogens with one attached hydrogen (secondary N) is 1. The van der Waals surface area contributed by atoms with Crippen molar-refractivity contribution in [3.63, 3.8) is 0 Å². The number of nitrogens with zero attached hydrogens (tertiary/aromatic N) is 2. The predicted octanol–water partition coefficient (Wildman–Crippen LogP) is 1.61. The molecule has 0 aromatic rings. The van der Waals surface area contributed by atoms with Gasteiger partial charge in [-0.05, 0) is 19.9 Å². The van der Waals surface area contributed by atoms with E-state index in [9.17, 15) is 9.59 Å². The molecule has 0 heterocycles. The zero-order chi connectivity index (χ0) is 15.7. The molecule has 7 heteroatoms. The van der Waals surface area contributed by atoms with Crippen LogP contribution < -0.4 is 5.32 Å². The van der Waals surface area contributed by atoms with Crippen LogP contribution in [-0.4, -0.2) is 73.4 Å². The number of carbonyl (C=O) groups is 2. The average molecular weight is 352 g/mol. The van der Waals surface area contributed by atoms with E-state index < -0.39 is 0 Å². The summed E-state index contributed by atoms with van der Waals surface area (Å²) in [7, 11) is 5.57. The minimum atomic E-state index is 0. The molecule has 1 saturated carbocycles. The Hall–Kier alpha value is -0.460. The molecule has 1 fully saturated rings. The van der Waals surface area contributed by atoms with Crippen molar-refractivity contribution in [2.24, 2.45) is 0 Å². The Balaban J connectivity index is 0.00000441. The Kier molecular flexibility index (Phi) is 11.8. The van der Waals surface area contributed by atoms with Crippen molar-refractivity contribution in [1.29, 1.82) is 0 Å². The molecular weight excluding hydrogens is 322 g/mol. The van der Waals surface area contributed by atoms with Gasteiger partial charge in [-0.25, -0.2) is 0 Å². The summed E-state index contributed by atoms with van der Waals surface area (Å²) in [4.78, 5) is 27.6. The van der Waals surface area contributed by atoms with E-state index in [2.05, 4.69) is 5.32 Å². The molecule has 130 valence electrons. The lowest BCUT2D eigenvalue weighted by Crippen LogP contribution is -2.39. The molecule has 0 bridgehead atoms. The van der Waals surface area contributed by atoms with Crippen molar-refractivity contribution in [3.8, 4) is 0 Å². The number of amides is 2. The summed E-state index contributed by atoms with van der Waals surface area (Å²) in [6.45, 7) is 1.49. The minimum absolute atomic E-state index is 0. The average Bonchev–Trinajstić information content (AvgIpc) is 2.52. The second-order valence-corrected chi connectivity index (χ2v) is 6.69. The fourth-order valence-electron chi connectivity index (χ4n) is 2.51. The highest BCUT2D eigenvalue weighted by molar-refractivity contribution is 8.00. The van der Waals surface area contributed by atoms with Crippen LogP contribution in [0.15, 0.2) is 0 Å². The molecule has 0 aliphatic heterocycles. The Morgan fingerprint density at radius 1 is 1.09 bits per heavy atom. The van der Waals surface area contributed by atoms with Gasteiger partial charge in [0.15, 0.2) is 0 Å². The van der Waals surface area contributed by atoms with Crippen molar-refractivity contribution in [1.82, 2.24) is 15.1 Å². The molecule has 1 rings (SSSR count). The van der Waals surface area contributed by atoms with E-state index in [1.165, 1.54) is 31.0 Å². The Labute approximate surface area is 145 Å². The number of halogens is 1. The van der Waals surface area contributed by atoms with E-state index in [0.29, 0.717) is 24.1 Å². The second kappa shape index (κ2) is 12.0. The zero-order valence-electron chi connectivity index (χ0n) is 14.0. The van der Waals surface area contributed by atoms with Crippen LogP contribution in [0.25, 0.3) is 0 Å². The molecule has 0 spiro atoms. The fraction of sp³-hybridized carbons (Fsp3) is 0.867. The van der Waals surface area contributed by atoms with Crippen molar-refractivity contribution < 1.29 is 9.59 Å². The summed E-state index contributed by atoms with van der Waals surface area (Å²) < 4.78 is 0. The van der Waals surface area contributed by atoms with Gasteiger partial charge in [-0.1, -0.05) is 19.3 Å². The van der Waals surface area contributed by atoms with E-state index >= 15 is 0 Å². The largest absolute Gasteiger partial charge is 0.344 e. The van der Waals surface area contributed by atoms with E-state index in [1.807, 2.05) is 19.0 Å². The first-order valence-corrected chi connectivity index (χ1v) is 8.93. The molecule has 0 atom stereocenters. The van der Waals surface area contributed by atoms with Gasteiger partial charge in [0, 0.05) is 33.2 Å². The number of carbonyl (C=O) groups excluding carboxylic acids is 2. The molecule has 2 amide bonds. The van der Waals surface area contributed by atoms with Gasteiger partial charge in [-0.15, -0.1) is 24.2 Å². The van der Waals surface area contributed by atoms with E-state index in [4.69, 9.17) is 0 Å². The van der Waals surface area contributed by atoms with E-state index in [0.717, 1.165) is 19.4 Å². The smallest absolute Gasteiger partial charge is 0.232 e. The van der Waals surface area contributed by atoms with Crippen molar-refractivity contribution >= 4 is 36.0 Å². The van der Waals surface area contributed by atoms with Crippen LogP contribution in [0.2, 0.25) is 0 Å². The third-order valence-electron chi connectivity index (χ3n) is 4.09. The lowest BCUT2D eigenvalue weighted by molar-refractivity contribution is -0.129. The van der Waals surface area contributed by atoms with Gasteiger partial charge in [0.25, 0.3) is 0 Å². The van der Waals surface area contributed by atoms with E-state index in [1.54, 1.807) is 11.9 Å². The first kappa shape index (κ1) is 21.5. The van der Waals surface area contributed by atoms with Gasteiger partial charge in [-0.2, -0.15) is 0 Å². The van der Waals surface area contributed by atoms with Crippen LogP contribution in [0.4, 0.5) is 0 Å². The fourth-order valence-corrected chi connectivity index (χ4v) is 3.39. The topological polar surface area (TPSA) is 52.7 Å². The summed E-state index contributed by atoms with van der Waals surface area (Å²) in [5, 5.41) is 3.02. The van der Waals surface area contributed by atoms with Gasteiger partial charge in [0.1, 0.15) is 0 Å². The molecule has 0 aromatic carbocycles. The SMILES string of the molecule is CNCCN(C)C(=O)CSCC(=O)N(C)C1CCCCC1.Cl. The molecule has 0 aromatic heterocycles. The van der Waals surface area contributed by atoms with Gasteiger partial charge < -0.3 is 15.1 Å². The highest BCUT2D eigenvalue weighted by atomic mass is 35.5. The lowest BCUT2D eigenvalue weighted by atomic mass is 9.94. The first-order valence-electron chi connectivity index (χ1n) is 7.78. The highest BCUT2D eigenvalue weighted by Crippen LogP contribution is 2.22. The third-order valence-corrected chi connectivity index (χ3v) is 4.99. The van der Waals surface area contributed by atoms with E-state index in [-0.39, 0.29) is 24.2 Å². The summed E-state index contributed by atoms with van der Waals surface area (Å²) in [5.74, 6) is 1.02. The quantitative estimate of drug-likeness (QED) is 0.722. The Morgan fingerprint density at radius 3 is 2.27 bits per heavy atom. The van der Waals surface area contributed by atoms with Gasteiger partial charge in [-0.3, -0.25) is 9.59 Å². The van der Waals surface area contributed by atoms with Crippen molar-refractivity contribution in [3.05, 3.63) is 0 Å². The summed E-state index contributed by atoms with van der Waals surface area (Å²) >= 11 is 1.42. The maximum Gasteiger partial charge on any atom is 0.232 e. The van der Waals surface area contributed by atoms with Crippen LogP contribution >= 0.6 is 24.2 Å². The lowest BCUT2D eigenvalue weighted by Gasteiger charge is -2.31. The summed E-state index contributed by atoms with van der Waals surface area (Å²) in [5.41, 5.74) is 0. The normalized spacial score (nSPS) is 15.0. The molecule has 1 aliphatic rings. The highest BCUT2D eigenvalue weighted by Gasteiger charge is 2.22. The van der Waals surface area contributed by atoms with Crippen LogP contribution in [0.3, 0.4) is 0 Å². The van der Waals surface area contributed by atoms with Crippen molar-refractivity contribution in [2.75, 3.05) is 45.7 Å². The third kappa shape index (κ3) is 7.70. The number of rotatable bonds is 8. The molecule has 22 heavy (non-hydrogen) atoms. The number of likely N-dealkylation sites (N-methyl/N-ethyl adjacent to an activating group) is 2. The van der Waals surface area contributed by atoms with Crippen LogP contribution in [-0.2, 0) is 9.59 Å². The van der Waals surface area contributed by atoms with Crippen LogP contribution in [0.1, 0.15) is 32.1 Å². The molecular formula is C15H30ClN3O2S. The van der Waals surface area contributed by atoms with Crippen LogP contribution in [0.5, 0.6) is 0 Å². The summed E-state index contributed by atoms with van der Waals surface area (Å²) in [6.07, 6.45) is 5.99. The van der Waals surface area contributed by atoms with Crippen molar-refractivity contribution in [2.45, 2.75) is 38.1 Å². The van der Waals surface area contributed by atoms with Gasteiger partial charge in [0.05, 0.1) is 11.5 Å². The maximum atomic E-state index is 12.1. The molecule has 5 nitrogen and oxygen atoms in total. The first-order chi connectivity index (χ1) is 10.1. The van der Waals surface area contributed by atoms with Crippen LogP contribution in [0, 0.1) is 0 Å². The van der Waals surface area contributed by atoms with Gasteiger partial charge >= 0.3 is 0 Å². The molecule has 0 saturated heterocycles. The Morgan fingerprint density at radius 2 is 1.68 bits per heavy atom. The minimum Gasteiger partial charge on any atom is -0.344 e. The summed E-state index contributed by atoms with van der Waals surface area (Å²) in [6, 6.07) is 0.404. The molecule has 1 N–H and O–H groups in total. The van der Waals surface area contributed by atoms with Gasteiger partial charge in [0.2, 0.25) is 11.8 Å². The number of thioether (sulfide) groups is 1. The molecule has 0 radical (unpaired) electrons. The maximum absolute atomic E-state index is 12.1. The predicted molar refractivity (Wildman–Crippen MR) is 95.8 cm³/mol. The number of hydrogen-bond acceptors (Lipinski definition) is 4. The second-order valence-electron chi connectivity index (χ2n) is 5.71.